The molecule has 122 valence electrons. The lowest BCUT2D eigenvalue weighted by molar-refractivity contribution is 0.558. The van der Waals surface area contributed by atoms with Gasteiger partial charge in [-0.05, 0) is 43.2 Å². The SMILES string of the molecule is CC12CC=Cc3c1n(c(=O)c(=O)n3-c1ccccc1)-c1ccccc12. The molecule has 25 heavy (non-hydrogen) atoms. The maximum absolute atomic E-state index is 13.0. The Labute approximate surface area is 144 Å². The number of aromatic nitrogens is 2. The minimum Gasteiger partial charge on any atom is -0.273 e. The van der Waals surface area contributed by atoms with Crippen molar-refractivity contribution in [2.75, 3.05) is 0 Å². The van der Waals surface area contributed by atoms with E-state index in [1.165, 1.54) is 0 Å². The number of para-hydroxylation sites is 2. The molecule has 0 amide bonds. The second-order valence-electron chi connectivity index (χ2n) is 6.81. The van der Waals surface area contributed by atoms with E-state index in [0.717, 1.165) is 29.1 Å². The highest BCUT2D eigenvalue weighted by Crippen LogP contribution is 2.47. The van der Waals surface area contributed by atoms with E-state index in [1.807, 2.05) is 54.6 Å². The van der Waals surface area contributed by atoms with Gasteiger partial charge in [0, 0.05) is 11.1 Å². The summed E-state index contributed by atoms with van der Waals surface area (Å²) in [5.41, 5.74) is 3.03. The lowest BCUT2D eigenvalue weighted by atomic mass is 9.75. The maximum Gasteiger partial charge on any atom is 0.321 e. The molecule has 0 spiro atoms. The van der Waals surface area contributed by atoms with Crippen LogP contribution >= 0.6 is 0 Å². The third-order valence-corrected chi connectivity index (χ3v) is 5.37. The van der Waals surface area contributed by atoms with Crippen molar-refractivity contribution in [2.45, 2.75) is 18.8 Å². The first kappa shape index (κ1) is 14.2. The number of hydrogen-bond acceptors (Lipinski definition) is 2. The highest BCUT2D eigenvalue weighted by molar-refractivity contribution is 5.67. The average Bonchev–Trinajstić information content (AvgIpc) is 2.91. The Morgan fingerprint density at radius 1 is 0.880 bits per heavy atom. The largest absolute Gasteiger partial charge is 0.321 e. The van der Waals surface area contributed by atoms with Crippen LogP contribution in [0.1, 0.15) is 30.3 Å². The minimum absolute atomic E-state index is 0.302. The van der Waals surface area contributed by atoms with Crippen molar-refractivity contribution >= 4 is 6.08 Å². The molecule has 0 saturated carbocycles. The van der Waals surface area contributed by atoms with E-state index in [2.05, 4.69) is 19.1 Å². The summed E-state index contributed by atoms with van der Waals surface area (Å²) in [7, 11) is 0. The van der Waals surface area contributed by atoms with Gasteiger partial charge in [0.15, 0.2) is 0 Å². The van der Waals surface area contributed by atoms with Crippen LogP contribution in [0, 0.1) is 0 Å². The number of fused-ring (bicyclic) bond motifs is 3. The van der Waals surface area contributed by atoms with Crippen molar-refractivity contribution in [1.82, 2.24) is 9.13 Å². The Balaban J connectivity index is 2.00. The van der Waals surface area contributed by atoms with Gasteiger partial charge in [-0.3, -0.25) is 18.7 Å². The number of nitrogens with zero attached hydrogens (tertiary/aromatic N) is 2. The van der Waals surface area contributed by atoms with Gasteiger partial charge in [0.05, 0.1) is 17.1 Å². The Morgan fingerprint density at radius 3 is 2.36 bits per heavy atom. The second-order valence-corrected chi connectivity index (χ2v) is 6.81. The predicted octanol–water partition coefficient (Wildman–Crippen LogP) is 3.02. The molecule has 5 rings (SSSR count). The zero-order valence-corrected chi connectivity index (χ0v) is 13.8. The van der Waals surface area contributed by atoms with Gasteiger partial charge < -0.3 is 0 Å². The van der Waals surface area contributed by atoms with E-state index in [1.54, 1.807) is 9.13 Å². The van der Waals surface area contributed by atoms with Crippen molar-refractivity contribution in [1.29, 1.82) is 0 Å². The predicted molar refractivity (Wildman–Crippen MR) is 97.7 cm³/mol. The van der Waals surface area contributed by atoms with Crippen LogP contribution in [0.25, 0.3) is 17.5 Å². The summed E-state index contributed by atoms with van der Waals surface area (Å²) in [4.78, 5) is 26.0. The van der Waals surface area contributed by atoms with Crippen molar-refractivity contribution in [2.24, 2.45) is 0 Å². The van der Waals surface area contributed by atoms with E-state index in [0.29, 0.717) is 5.69 Å². The molecule has 0 radical (unpaired) electrons. The van der Waals surface area contributed by atoms with Crippen molar-refractivity contribution in [3.05, 3.63) is 98.3 Å². The summed E-state index contributed by atoms with van der Waals surface area (Å²) >= 11 is 0. The Bertz CT molecular complexity index is 1170. The van der Waals surface area contributed by atoms with Gasteiger partial charge in [-0.25, -0.2) is 0 Å². The molecule has 0 saturated heterocycles. The first-order valence-corrected chi connectivity index (χ1v) is 8.37. The first-order chi connectivity index (χ1) is 12.1. The summed E-state index contributed by atoms with van der Waals surface area (Å²) in [6.45, 7) is 2.15. The molecule has 4 nitrogen and oxygen atoms in total. The minimum atomic E-state index is -0.518. The topological polar surface area (TPSA) is 44.0 Å². The summed E-state index contributed by atoms with van der Waals surface area (Å²) in [5.74, 6) is 0. The van der Waals surface area contributed by atoms with E-state index >= 15 is 0 Å². The molecule has 0 fully saturated rings. The van der Waals surface area contributed by atoms with Gasteiger partial charge in [0.25, 0.3) is 0 Å². The fraction of sp³-hybridized carbons (Fsp3) is 0.143. The van der Waals surface area contributed by atoms with Crippen LogP contribution in [0.5, 0.6) is 0 Å². The summed E-state index contributed by atoms with van der Waals surface area (Å²) in [5, 5.41) is 0. The summed E-state index contributed by atoms with van der Waals surface area (Å²) in [6, 6.07) is 17.2. The molecule has 0 N–H and O–H groups in total. The molecule has 4 heteroatoms. The lowest BCUT2D eigenvalue weighted by Gasteiger charge is -2.30. The zero-order chi connectivity index (χ0) is 17.2. The fourth-order valence-corrected chi connectivity index (χ4v) is 4.24. The molecule has 2 aliphatic rings. The van der Waals surface area contributed by atoms with Crippen LogP contribution in [-0.2, 0) is 5.41 Å². The van der Waals surface area contributed by atoms with Gasteiger partial charge in [-0.15, -0.1) is 0 Å². The Kier molecular flexibility index (Phi) is 2.67. The van der Waals surface area contributed by atoms with Crippen molar-refractivity contribution < 1.29 is 0 Å². The molecule has 1 aliphatic carbocycles. The zero-order valence-electron chi connectivity index (χ0n) is 13.8. The fourth-order valence-electron chi connectivity index (χ4n) is 4.24. The average molecular weight is 328 g/mol. The first-order valence-electron chi connectivity index (χ1n) is 8.37. The quantitative estimate of drug-likeness (QED) is 0.645. The molecule has 3 aromatic rings. The monoisotopic (exact) mass is 328 g/mol. The molecule has 1 aromatic heterocycles. The van der Waals surface area contributed by atoms with Crippen LogP contribution in [0.15, 0.2) is 70.3 Å². The van der Waals surface area contributed by atoms with Crippen LogP contribution < -0.4 is 11.1 Å². The molecular formula is C21H16N2O2. The molecular weight excluding hydrogens is 312 g/mol. The Morgan fingerprint density at radius 2 is 1.56 bits per heavy atom. The highest BCUT2D eigenvalue weighted by Gasteiger charge is 2.44. The van der Waals surface area contributed by atoms with Gasteiger partial charge >= 0.3 is 11.1 Å². The van der Waals surface area contributed by atoms with E-state index in [4.69, 9.17) is 0 Å². The molecule has 1 unspecified atom stereocenters. The molecule has 0 bridgehead atoms. The van der Waals surface area contributed by atoms with E-state index in [-0.39, 0.29) is 5.41 Å². The number of benzene rings is 2. The molecule has 2 heterocycles. The molecule has 1 atom stereocenters. The summed E-state index contributed by atoms with van der Waals surface area (Å²) in [6.07, 6.45) is 4.87. The van der Waals surface area contributed by atoms with Crippen molar-refractivity contribution in [3.8, 4) is 11.4 Å². The third-order valence-electron chi connectivity index (χ3n) is 5.37. The molecule has 2 aromatic carbocycles. The van der Waals surface area contributed by atoms with Gasteiger partial charge in [0.1, 0.15) is 0 Å². The van der Waals surface area contributed by atoms with Gasteiger partial charge in [-0.1, -0.05) is 42.5 Å². The Hall–Kier alpha value is -3.14. The standard InChI is InChI=1S/C21H16N2O2/c1-21-13-7-12-17-18(21)23(16-11-6-5-10-15(16)21)20(25)19(24)22(17)14-8-3-2-4-9-14/h2-12H,13H2,1H3. The van der Waals surface area contributed by atoms with E-state index in [9.17, 15) is 9.59 Å². The third kappa shape index (κ3) is 1.66. The van der Waals surface area contributed by atoms with Crippen LogP contribution in [0.3, 0.4) is 0 Å². The van der Waals surface area contributed by atoms with Gasteiger partial charge in [0.2, 0.25) is 0 Å². The number of allylic oxidation sites excluding steroid dienone is 1. The normalized spacial score (nSPS) is 19.6. The molecule has 1 aliphatic heterocycles. The summed E-state index contributed by atoms with van der Waals surface area (Å²) < 4.78 is 3.17. The number of hydrogen-bond donors (Lipinski definition) is 0. The van der Waals surface area contributed by atoms with Crippen LogP contribution in [0.4, 0.5) is 0 Å². The maximum atomic E-state index is 13.0. The van der Waals surface area contributed by atoms with E-state index < -0.39 is 11.1 Å². The number of rotatable bonds is 1. The lowest BCUT2D eigenvalue weighted by Crippen LogP contribution is -2.44. The van der Waals surface area contributed by atoms with Crippen LogP contribution in [0.2, 0.25) is 0 Å². The second kappa shape index (κ2) is 4.70. The van der Waals surface area contributed by atoms with Crippen LogP contribution in [-0.4, -0.2) is 9.13 Å². The highest BCUT2D eigenvalue weighted by atomic mass is 16.2. The smallest absolute Gasteiger partial charge is 0.273 e. The van der Waals surface area contributed by atoms with Gasteiger partial charge in [-0.2, -0.15) is 0 Å². The van der Waals surface area contributed by atoms with Crippen molar-refractivity contribution in [3.63, 3.8) is 0 Å².